The van der Waals surface area contributed by atoms with Crippen molar-refractivity contribution in [2.24, 2.45) is 0 Å². The molecule has 3 aromatic rings. The van der Waals surface area contributed by atoms with E-state index in [1.54, 1.807) is 4.90 Å². The van der Waals surface area contributed by atoms with Gasteiger partial charge >= 0.3 is 5.69 Å². The van der Waals surface area contributed by atoms with Gasteiger partial charge in [0.1, 0.15) is 5.52 Å². The number of nitrogens with two attached hydrogens (primary N) is 1. The van der Waals surface area contributed by atoms with Crippen LogP contribution in [0.2, 0.25) is 0 Å². The molecule has 24 heavy (non-hydrogen) atoms. The number of benzene rings is 1. The first-order valence-corrected chi connectivity index (χ1v) is 7.73. The van der Waals surface area contributed by atoms with Crippen LogP contribution in [0.4, 0.5) is 5.82 Å². The highest BCUT2D eigenvalue weighted by molar-refractivity contribution is 5.94. The number of nitrogens with zero attached hydrogens (tertiary/aromatic N) is 4. The molecule has 1 aliphatic heterocycles. The molecule has 0 aliphatic carbocycles. The zero-order valence-electron chi connectivity index (χ0n) is 12.9. The smallest absolute Gasteiger partial charge is 0.328 e. The Hall–Kier alpha value is -3.16. The molecule has 1 saturated heterocycles. The maximum absolute atomic E-state index is 12.3. The van der Waals surface area contributed by atoms with Crippen LogP contribution < -0.4 is 11.4 Å². The molecule has 1 amide bonds. The summed E-state index contributed by atoms with van der Waals surface area (Å²) in [6.45, 7) is 1.74. The number of fused-ring (bicyclic) bond motifs is 1. The van der Waals surface area contributed by atoms with Gasteiger partial charge in [-0.05, 0) is 12.0 Å². The second-order valence-electron chi connectivity index (χ2n) is 5.78. The number of aromatic amines is 1. The van der Waals surface area contributed by atoms with Crippen molar-refractivity contribution < 1.29 is 4.79 Å². The van der Waals surface area contributed by atoms with Gasteiger partial charge in [0.05, 0.1) is 6.54 Å². The fraction of sp³-hybridized carbons (Fsp3) is 0.250. The predicted molar refractivity (Wildman–Crippen MR) is 88.6 cm³/mol. The summed E-state index contributed by atoms with van der Waals surface area (Å²) >= 11 is 0. The van der Waals surface area contributed by atoms with Crippen molar-refractivity contribution in [1.82, 2.24) is 24.4 Å². The Bertz CT molecular complexity index is 971. The van der Waals surface area contributed by atoms with Crippen LogP contribution in [0.3, 0.4) is 0 Å². The van der Waals surface area contributed by atoms with Gasteiger partial charge in [0, 0.05) is 13.1 Å². The maximum Gasteiger partial charge on any atom is 0.328 e. The number of hydrogen-bond donors (Lipinski definition) is 2. The van der Waals surface area contributed by atoms with Crippen LogP contribution in [-0.2, 0) is 6.54 Å². The number of amides is 1. The Kier molecular flexibility index (Phi) is 3.30. The van der Waals surface area contributed by atoms with E-state index in [-0.39, 0.29) is 23.2 Å². The molecule has 4 rings (SSSR count). The van der Waals surface area contributed by atoms with Crippen LogP contribution in [0.5, 0.6) is 0 Å². The summed E-state index contributed by atoms with van der Waals surface area (Å²) in [5, 5.41) is 0. The van der Waals surface area contributed by atoms with Gasteiger partial charge in [-0.25, -0.2) is 14.8 Å². The fourth-order valence-corrected chi connectivity index (χ4v) is 2.72. The number of nitrogen functional groups attached to an aromatic ring is 1. The third-order valence-electron chi connectivity index (χ3n) is 4.17. The average Bonchev–Trinajstić information content (AvgIpc) is 2.84. The van der Waals surface area contributed by atoms with E-state index < -0.39 is 0 Å². The lowest BCUT2D eigenvalue weighted by Crippen LogP contribution is -2.42. The number of rotatable bonds is 3. The summed E-state index contributed by atoms with van der Waals surface area (Å²) in [6.07, 6.45) is 0.979. The first kappa shape index (κ1) is 14.4. The van der Waals surface area contributed by atoms with Crippen LogP contribution in [0, 0.1) is 0 Å². The van der Waals surface area contributed by atoms with Crippen molar-refractivity contribution >= 4 is 22.9 Å². The quantitative estimate of drug-likeness (QED) is 0.733. The molecule has 1 aromatic carbocycles. The minimum absolute atomic E-state index is 0.0283. The summed E-state index contributed by atoms with van der Waals surface area (Å²) in [4.78, 5) is 37.3. The largest absolute Gasteiger partial charge is 0.382 e. The van der Waals surface area contributed by atoms with Gasteiger partial charge in [-0.1, -0.05) is 30.3 Å². The molecule has 3 heterocycles. The number of carbonyl (C=O) groups excluding carboxylic acids is 1. The van der Waals surface area contributed by atoms with Crippen LogP contribution in [0.25, 0.3) is 11.2 Å². The van der Waals surface area contributed by atoms with Crippen LogP contribution in [0.1, 0.15) is 22.6 Å². The van der Waals surface area contributed by atoms with Crippen molar-refractivity contribution in [3.05, 3.63) is 52.2 Å². The SMILES string of the molecule is Nc1nc(C(=O)N2CCC2)nc2c1[nH]c(=O)n2Cc1ccccc1. The third kappa shape index (κ3) is 2.32. The normalized spacial score (nSPS) is 13.9. The van der Waals surface area contributed by atoms with E-state index in [2.05, 4.69) is 15.0 Å². The molecule has 8 heteroatoms. The van der Waals surface area contributed by atoms with Crippen molar-refractivity contribution in [3.8, 4) is 0 Å². The molecular weight excluding hydrogens is 308 g/mol. The lowest BCUT2D eigenvalue weighted by molar-refractivity contribution is 0.0639. The molecule has 0 saturated carbocycles. The van der Waals surface area contributed by atoms with Gasteiger partial charge in [-0.15, -0.1) is 0 Å². The van der Waals surface area contributed by atoms with E-state index in [4.69, 9.17) is 5.73 Å². The minimum atomic E-state index is -0.330. The second kappa shape index (κ2) is 5.48. The highest BCUT2D eigenvalue weighted by Gasteiger charge is 2.25. The number of likely N-dealkylation sites (tertiary alicyclic amines) is 1. The first-order chi connectivity index (χ1) is 11.6. The summed E-state index contributed by atoms with van der Waals surface area (Å²) in [7, 11) is 0. The van der Waals surface area contributed by atoms with E-state index in [1.807, 2.05) is 30.3 Å². The number of anilines is 1. The molecule has 3 N–H and O–H groups in total. The average molecular weight is 324 g/mol. The monoisotopic (exact) mass is 324 g/mol. The summed E-state index contributed by atoms with van der Waals surface area (Å²) in [5.41, 5.74) is 7.25. The molecule has 0 bridgehead atoms. The van der Waals surface area contributed by atoms with Crippen molar-refractivity contribution in [3.63, 3.8) is 0 Å². The van der Waals surface area contributed by atoms with Gasteiger partial charge in [-0.2, -0.15) is 0 Å². The molecule has 0 spiro atoms. The van der Waals surface area contributed by atoms with Crippen LogP contribution >= 0.6 is 0 Å². The maximum atomic E-state index is 12.3. The molecule has 8 nitrogen and oxygen atoms in total. The molecular formula is C16H16N6O2. The molecule has 0 atom stereocenters. The van der Waals surface area contributed by atoms with E-state index in [9.17, 15) is 9.59 Å². The zero-order valence-corrected chi connectivity index (χ0v) is 12.9. The van der Waals surface area contributed by atoms with E-state index in [1.165, 1.54) is 4.57 Å². The highest BCUT2D eigenvalue weighted by atomic mass is 16.2. The van der Waals surface area contributed by atoms with Gasteiger partial charge in [-0.3, -0.25) is 9.36 Å². The standard InChI is InChI=1S/C16H16N6O2/c17-12-11-14(20-13(19-12)15(23)21-7-4-8-21)22(16(24)18-11)9-10-5-2-1-3-6-10/h1-3,5-6H,4,7-9H2,(H,18,24)(H2,17,19,20). The van der Waals surface area contributed by atoms with E-state index >= 15 is 0 Å². The summed E-state index contributed by atoms with van der Waals surface area (Å²) in [6, 6.07) is 9.55. The highest BCUT2D eigenvalue weighted by Crippen LogP contribution is 2.17. The molecule has 1 fully saturated rings. The number of aromatic nitrogens is 4. The fourth-order valence-electron chi connectivity index (χ4n) is 2.72. The zero-order chi connectivity index (χ0) is 16.7. The molecule has 1 aliphatic rings. The molecule has 0 radical (unpaired) electrons. The number of H-pyrrole nitrogens is 1. The number of nitrogens with one attached hydrogen (secondary N) is 1. The van der Waals surface area contributed by atoms with Gasteiger partial charge in [0.2, 0.25) is 5.82 Å². The Balaban J connectivity index is 1.81. The number of imidazole rings is 1. The van der Waals surface area contributed by atoms with E-state index in [0.717, 1.165) is 12.0 Å². The summed E-state index contributed by atoms with van der Waals surface area (Å²) in [5.74, 6) is -0.122. The third-order valence-corrected chi connectivity index (χ3v) is 4.17. The second-order valence-corrected chi connectivity index (χ2v) is 5.78. The Labute approximate surface area is 136 Å². The number of hydrogen-bond acceptors (Lipinski definition) is 5. The predicted octanol–water partition coefficient (Wildman–Crippen LogP) is 0.596. The van der Waals surface area contributed by atoms with E-state index in [0.29, 0.717) is 30.8 Å². The van der Waals surface area contributed by atoms with Gasteiger partial charge < -0.3 is 15.6 Å². The topological polar surface area (TPSA) is 110 Å². The molecule has 122 valence electrons. The Morgan fingerprint density at radius 3 is 2.62 bits per heavy atom. The lowest BCUT2D eigenvalue weighted by Gasteiger charge is -2.30. The van der Waals surface area contributed by atoms with Crippen LogP contribution in [0.15, 0.2) is 35.1 Å². The van der Waals surface area contributed by atoms with Gasteiger partial charge in [0.25, 0.3) is 5.91 Å². The first-order valence-electron chi connectivity index (χ1n) is 7.73. The van der Waals surface area contributed by atoms with Crippen LogP contribution in [-0.4, -0.2) is 43.4 Å². The molecule has 2 aromatic heterocycles. The number of carbonyl (C=O) groups is 1. The summed E-state index contributed by atoms with van der Waals surface area (Å²) < 4.78 is 1.47. The minimum Gasteiger partial charge on any atom is -0.382 e. The lowest BCUT2D eigenvalue weighted by atomic mass is 10.2. The van der Waals surface area contributed by atoms with Crippen molar-refractivity contribution in [2.45, 2.75) is 13.0 Å². The Morgan fingerprint density at radius 1 is 1.21 bits per heavy atom. The van der Waals surface area contributed by atoms with Gasteiger partial charge in [0.15, 0.2) is 11.5 Å². The van der Waals surface area contributed by atoms with Crippen molar-refractivity contribution in [2.75, 3.05) is 18.8 Å². The Morgan fingerprint density at radius 2 is 1.96 bits per heavy atom. The van der Waals surface area contributed by atoms with Crippen molar-refractivity contribution in [1.29, 1.82) is 0 Å². The molecule has 0 unspecified atom stereocenters.